The molecular weight excluding hydrogens is 186 g/mol. The average molecular weight is 197 g/mol. The van der Waals surface area contributed by atoms with E-state index in [0.717, 1.165) is 5.69 Å². The van der Waals surface area contributed by atoms with Crippen molar-refractivity contribution in [2.45, 2.75) is 6.92 Å². The van der Waals surface area contributed by atoms with Gasteiger partial charge in [0.05, 0.1) is 12.8 Å². The zero-order chi connectivity index (χ0) is 10.7. The highest BCUT2D eigenvalue weighted by atomic mass is 16.5. The van der Waals surface area contributed by atoms with Gasteiger partial charge in [0.15, 0.2) is 0 Å². The number of anilines is 1. The van der Waals surface area contributed by atoms with Gasteiger partial charge >= 0.3 is 12.0 Å². The van der Waals surface area contributed by atoms with Crippen LogP contribution in [0.15, 0.2) is 6.07 Å². The molecule has 0 atom stereocenters. The van der Waals surface area contributed by atoms with Gasteiger partial charge in [-0.15, -0.1) is 0 Å². The van der Waals surface area contributed by atoms with Crippen molar-refractivity contribution < 1.29 is 14.3 Å². The molecule has 0 saturated heterocycles. The number of rotatable bonds is 2. The maximum Gasteiger partial charge on any atom is 0.356 e. The molecule has 0 saturated carbocycles. The van der Waals surface area contributed by atoms with Crippen molar-refractivity contribution in [2.75, 3.05) is 12.4 Å². The summed E-state index contributed by atoms with van der Waals surface area (Å²) in [4.78, 5) is 24.5. The van der Waals surface area contributed by atoms with Gasteiger partial charge < -0.3 is 20.8 Å². The highest BCUT2D eigenvalue weighted by molar-refractivity contribution is 5.99. The molecular formula is C8H11N3O3. The second kappa shape index (κ2) is 3.82. The van der Waals surface area contributed by atoms with Crippen LogP contribution in [0.5, 0.6) is 0 Å². The van der Waals surface area contributed by atoms with Crippen molar-refractivity contribution in [1.82, 2.24) is 4.98 Å². The molecule has 0 aliphatic carbocycles. The van der Waals surface area contributed by atoms with Crippen molar-refractivity contribution in [3.8, 4) is 0 Å². The summed E-state index contributed by atoms with van der Waals surface area (Å²) in [7, 11) is 1.26. The van der Waals surface area contributed by atoms with Crippen molar-refractivity contribution in [1.29, 1.82) is 0 Å². The Morgan fingerprint density at radius 3 is 2.71 bits per heavy atom. The zero-order valence-electron chi connectivity index (χ0n) is 7.88. The van der Waals surface area contributed by atoms with Gasteiger partial charge in [-0.25, -0.2) is 9.59 Å². The smallest absolute Gasteiger partial charge is 0.356 e. The number of carbonyl (C=O) groups is 2. The minimum atomic E-state index is -0.728. The lowest BCUT2D eigenvalue weighted by Gasteiger charge is -2.01. The van der Waals surface area contributed by atoms with Crippen LogP contribution in [0, 0.1) is 6.92 Å². The molecule has 4 N–H and O–H groups in total. The summed E-state index contributed by atoms with van der Waals surface area (Å²) in [6.45, 7) is 1.75. The third-order valence-electron chi connectivity index (χ3n) is 1.60. The van der Waals surface area contributed by atoms with Crippen molar-refractivity contribution in [3.63, 3.8) is 0 Å². The van der Waals surface area contributed by atoms with Crippen LogP contribution in [-0.2, 0) is 4.74 Å². The Bertz CT molecular complexity index is 370. The second-order valence-corrected chi connectivity index (χ2v) is 2.72. The molecule has 0 aromatic carbocycles. The van der Waals surface area contributed by atoms with Crippen LogP contribution in [0.4, 0.5) is 10.5 Å². The Balaban J connectivity index is 3.02. The van der Waals surface area contributed by atoms with E-state index in [4.69, 9.17) is 5.73 Å². The maximum absolute atomic E-state index is 11.2. The molecule has 1 aromatic rings. The third-order valence-corrected chi connectivity index (χ3v) is 1.60. The number of nitrogens with two attached hydrogens (primary N) is 1. The van der Waals surface area contributed by atoms with Gasteiger partial charge in [-0.2, -0.15) is 0 Å². The molecule has 6 nitrogen and oxygen atoms in total. The number of methoxy groups -OCH3 is 1. The molecule has 0 spiro atoms. The zero-order valence-corrected chi connectivity index (χ0v) is 7.88. The number of carbonyl (C=O) groups excluding carboxylic acids is 2. The summed E-state index contributed by atoms with van der Waals surface area (Å²) in [5, 5.41) is 2.32. The SMILES string of the molecule is COC(=O)c1[nH]c(C)cc1NC(N)=O. The summed E-state index contributed by atoms with van der Waals surface area (Å²) in [5.41, 5.74) is 6.16. The highest BCUT2D eigenvalue weighted by Gasteiger charge is 2.15. The Kier molecular flexibility index (Phi) is 2.76. The number of hydrogen-bond acceptors (Lipinski definition) is 3. The first-order chi connectivity index (χ1) is 6.54. The summed E-state index contributed by atoms with van der Waals surface area (Å²) >= 11 is 0. The largest absolute Gasteiger partial charge is 0.464 e. The van der Waals surface area contributed by atoms with Crippen LogP contribution in [0.25, 0.3) is 0 Å². The molecule has 76 valence electrons. The number of nitrogens with one attached hydrogen (secondary N) is 2. The van der Waals surface area contributed by atoms with E-state index in [1.807, 2.05) is 0 Å². The average Bonchev–Trinajstić information content (AvgIpc) is 2.44. The van der Waals surface area contributed by atoms with Gasteiger partial charge in [0.2, 0.25) is 0 Å². The molecule has 1 aromatic heterocycles. The number of H-pyrrole nitrogens is 1. The van der Waals surface area contributed by atoms with E-state index >= 15 is 0 Å². The fourth-order valence-corrected chi connectivity index (χ4v) is 1.08. The van der Waals surface area contributed by atoms with Gasteiger partial charge in [0.1, 0.15) is 5.69 Å². The van der Waals surface area contributed by atoms with Crippen molar-refractivity contribution in [2.24, 2.45) is 5.73 Å². The topological polar surface area (TPSA) is 97.2 Å². The minimum absolute atomic E-state index is 0.184. The molecule has 0 bridgehead atoms. The van der Waals surface area contributed by atoms with Gasteiger partial charge in [-0.1, -0.05) is 0 Å². The van der Waals surface area contributed by atoms with Crippen LogP contribution in [0.3, 0.4) is 0 Å². The van der Waals surface area contributed by atoms with Gasteiger partial charge in [0.25, 0.3) is 0 Å². The molecule has 0 unspecified atom stereocenters. The van der Waals surface area contributed by atoms with Gasteiger partial charge in [-0.05, 0) is 13.0 Å². The molecule has 1 rings (SSSR count). The van der Waals surface area contributed by atoms with E-state index in [9.17, 15) is 9.59 Å². The molecule has 14 heavy (non-hydrogen) atoms. The number of esters is 1. The first kappa shape index (κ1) is 10.1. The number of ether oxygens (including phenoxy) is 1. The first-order valence-corrected chi connectivity index (χ1v) is 3.89. The predicted octanol–water partition coefficient (Wildman–Crippen LogP) is 0.600. The Morgan fingerprint density at radius 2 is 2.21 bits per heavy atom. The fraction of sp³-hybridized carbons (Fsp3) is 0.250. The van der Waals surface area contributed by atoms with Crippen LogP contribution in [-0.4, -0.2) is 24.1 Å². The lowest BCUT2D eigenvalue weighted by atomic mass is 10.3. The van der Waals surface area contributed by atoms with Crippen LogP contribution in [0.2, 0.25) is 0 Å². The number of aryl methyl sites for hydroxylation is 1. The molecule has 0 aliphatic rings. The fourth-order valence-electron chi connectivity index (χ4n) is 1.08. The van der Waals surface area contributed by atoms with E-state index in [-0.39, 0.29) is 5.69 Å². The monoisotopic (exact) mass is 197 g/mol. The number of amides is 2. The van der Waals surface area contributed by atoms with Crippen LogP contribution in [0.1, 0.15) is 16.2 Å². The van der Waals surface area contributed by atoms with Crippen molar-refractivity contribution in [3.05, 3.63) is 17.5 Å². The normalized spacial score (nSPS) is 9.57. The van der Waals surface area contributed by atoms with Crippen LogP contribution < -0.4 is 11.1 Å². The molecule has 0 radical (unpaired) electrons. The molecule has 1 heterocycles. The molecule has 6 heteroatoms. The van der Waals surface area contributed by atoms with E-state index < -0.39 is 12.0 Å². The summed E-state index contributed by atoms with van der Waals surface area (Å²) in [6, 6.07) is 0.867. The van der Waals surface area contributed by atoms with Gasteiger partial charge in [-0.3, -0.25) is 0 Å². The number of hydrogen-bond donors (Lipinski definition) is 3. The minimum Gasteiger partial charge on any atom is -0.464 e. The maximum atomic E-state index is 11.2. The second-order valence-electron chi connectivity index (χ2n) is 2.72. The summed E-state index contributed by atoms with van der Waals surface area (Å²) < 4.78 is 4.51. The molecule has 0 aliphatic heterocycles. The van der Waals surface area contributed by atoms with Gasteiger partial charge in [0, 0.05) is 5.69 Å². The standard InChI is InChI=1S/C8H11N3O3/c1-4-3-5(11-8(9)13)6(10-4)7(12)14-2/h3,10H,1-2H3,(H3,9,11,13). The van der Waals surface area contributed by atoms with E-state index in [0.29, 0.717) is 5.69 Å². The first-order valence-electron chi connectivity index (χ1n) is 3.89. The number of aromatic nitrogens is 1. The predicted molar refractivity (Wildman–Crippen MR) is 50.1 cm³/mol. The van der Waals surface area contributed by atoms with E-state index in [2.05, 4.69) is 15.0 Å². The van der Waals surface area contributed by atoms with Crippen molar-refractivity contribution >= 4 is 17.7 Å². The quantitative estimate of drug-likeness (QED) is 0.605. The van der Waals surface area contributed by atoms with Crippen LogP contribution >= 0.6 is 0 Å². The van der Waals surface area contributed by atoms with E-state index in [1.165, 1.54) is 7.11 Å². The Labute approximate surface area is 80.4 Å². The number of primary amides is 1. The number of urea groups is 1. The Morgan fingerprint density at radius 1 is 1.57 bits per heavy atom. The molecule has 2 amide bonds. The third kappa shape index (κ3) is 2.03. The number of aromatic amines is 1. The van der Waals surface area contributed by atoms with E-state index in [1.54, 1.807) is 13.0 Å². The highest BCUT2D eigenvalue weighted by Crippen LogP contribution is 2.17. The summed E-state index contributed by atoms with van der Waals surface area (Å²) in [6.07, 6.45) is 0. The lowest BCUT2D eigenvalue weighted by molar-refractivity contribution is 0.0596. The Hall–Kier alpha value is -1.98. The summed E-state index contributed by atoms with van der Waals surface area (Å²) in [5.74, 6) is -0.554. The lowest BCUT2D eigenvalue weighted by Crippen LogP contribution is -2.20. The molecule has 0 fully saturated rings.